The molecule has 0 saturated carbocycles. The Bertz CT molecular complexity index is 483. The summed E-state index contributed by atoms with van der Waals surface area (Å²) in [5.74, 6) is -0.235. The Morgan fingerprint density at radius 1 is 1.07 bits per heavy atom. The molecule has 3 heteroatoms. The van der Waals surface area contributed by atoms with E-state index in [4.69, 9.17) is 0 Å². The van der Waals surface area contributed by atoms with E-state index in [1.54, 1.807) is 12.1 Å². The highest BCUT2D eigenvalue weighted by Gasteiger charge is 2.06. The van der Waals surface area contributed by atoms with Gasteiger partial charge in [-0.1, -0.05) is 0 Å². The van der Waals surface area contributed by atoms with Crippen LogP contribution in [0.2, 0.25) is 0 Å². The minimum atomic E-state index is -0.235. The first kappa shape index (κ1) is 10.4. The van der Waals surface area contributed by atoms with Crippen LogP contribution in [-0.2, 0) is 0 Å². The van der Waals surface area contributed by atoms with Gasteiger partial charge in [0.15, 0.2) is 0 Å². The monoisotopic (exact) mass is 267 g/mol. The van der Waals surface area contributed by atoms with Crippen LogP contribution < -0.4 is 0 Å². The lowest BCUT2D eigenvalue weighted by Gasteiger charge is -2.09. The molecule has 0 spiro atoms. The van der Waals surface area contributed by atoms with Crippen molar-refractivity contribution >= 4 is 15.9 Å². The fourth-order valence-electron chi connectivity index (χ4n) is 1.70. The van der Waals surface area contributed by atoms with Gasteiger partial charge in [-0.25, -0.2) is 4.39 Å². The fourth-order valence-corrected chi connectivity index (χ4v) is 2.07. The van der Waals surface area contributed by atoms with Gasteiger partial charge >= 0.3 is 0 Å². The second-order valence-corrected chi connectivity index (χ2v) is 4.40. The topological polar surface area (TPSA) is 4.93 Å². The van der Waals surface area contributed by atoms with E-state index in [9.17, 15) is 4.39 Å². The third-order valence-electron chi connectivity index (χ3n) is 2.43. The predicted octanol–water partition coefficient (Wildman–Crippen LogP) is 4.00. The zero-order chi connectivity index (χ0) is 11.0. The van der Waals surface area contributed by atoms with Crippen molar-refractivity contribution in [2.24, 2.45) is 0 Å². The summed E-state index contributed by atoms with van der Waals surface area (Å²) in [6, 6.07) is 9.13. The van der Waals surface area contributed by atoms with E-state index in [1.807, 2.05) is 26.0 Å². The number of hydrogen-bond acceptors (Lipinski definition) is 0. The number of rotatable bonds is 1. The van der Waals surface area contributed by atoms with Crippen molar-refractivity contribution < 1.29 is 4.39 Å². The van der Waals surface area contributed by atoms with Gasteiger partial charge in [-0.15, -0.1) is 0 Å². The maximum Gasteiger partial charge on any atom is 0.137 e. The van der Waals surface area contributed by atoms with Crippen LogP contribution in [0.5, 0.6) is 0 Å². The van der Waals surface area contributed by atoms with Gasteiger partial charge in [0.25, 0.3) is 0 Å². The van der Waals surface area contributed by atoms with Crippen LogP contribution in [0.15, 0.2) is 34.8 Å². The lowest BCUT2D eigenvalue weighted by Crippen LogP contribution is -1.98. The van der Waals surface area contributed by atoms with E-state index in [2.05, 4.69) is 20.5 Å². The molecule has 0 saturated heterocycles. The van der Waals surface area contributed by atoms with E-state index in [0.717, 1.165) is 17.1 Å². The van der Waals surface area contributed by atoms with Crippen LogP contribution in [0, 0.1) is 19.7 Å². The smallest absolute Gasteiger partial charge is 0.137 e. The van der Waals surface area contributed by atoms with Crippen molar-refractivity contribution in [1.29, 1.82) is 0 Å². The fraction of sp³-hybridized carbons (Fsp3) is 0.167. The summed E-state index contributed by atoms with van der Waals surface area (Å²) in [6.45, 7) is 4.06. The molecule has 1 aromatic heterocycles. The third-order valence-corrected chi connectivity index (χ3v) is 3.04. The normalized spacial score (nSPS) is 10.7. The number of benzene rings is 1. The van der Waals surface area contributed by atoms with Gasteiger partial charge in [-0.2, -0.15) is 0 Å². The molecule has 0 aliphatic carbocycles. The first-order valence-corrected chi connectivity index (χ1v) is 5.49. The molecule has 78 valence electrons. The molecule has 2 rings (SSSR count). The Morgan fingerprint density at radius 2 is 1.67 bits per heavy atom. The molecule has 0 amide bonds. The summed E-state index contributed by atoms with van der Waals surface area (Å²) in [5, 5.41) is 0. The first-order chi connectivity index (χ1) is 7.09. The molecular weight excluding hydrogens is 257 g/mol. The maximum absolute atomic E-state index is 13.1. The summed E-state index contributed by atoms with van der Waals surface area (Å²) in [4.78, 5) is 0. The van der Waals surface area contributed by atoms with Crippen LogP contribution in [0.3, 0.4) is 0 Å². The average Bonchev–Trinajstić information content (AvgIpc) is 2.52. The van der Waals surface area contributed by atoms with E-state index >= 15 is 0 Å². The van der Waals surface area contributed by atoms with Gasteiger partial charge in [0, 0.05) is 17.1 Å². The Hall–Kier alpha value is -1.09. The highest BCUT2D eigenvalue weighted by Crippen LogP contribution is 2.22. The Morgan fingerprint density at radius 3 is 2.20 bits per heavy atom. The predicted molar refractivity (Wildman–Crippen MR) is 62.9 cm³/mol. The Balaban J connectivity index is 2.59. The Labute approximate surface area is 96.7 Å². The number of hydrogen-bond donors (Lipinski definition) is 0. The van der Waals surface area contributed by atoms with E-state index in [1.165, 1.54) is 6.07 Å². The van der Waals surface area contributed by atoms with Gasteiger partial charge < -0.3 is 4.57 Å². The zero-order valence-electron chi connectivity index (χ0n) is 8.59. The molecule has 0 aliphatic rings. The maximum atomic E-state index is 13.1. The molecule has 0 radical (unpaired) electrons. The lowest BCUT2D eigenvalue weighted by atomic mass is 10.3. The Kier molecular flexibility index (Phi) is 2.65. The van der Waals surface area contributed by atoms with Gasteiger partial charge in [0.2, 0.25) is 0 Å². The van der Waals surface area contributed by atoms with Gasteiger partial charge in [0.05, 0.1) is 4.47 Å². The minimum absolute atomic E-state index is 0.235. The molecule has 0 aliphatic heterocycles. The summed E-state index contributed by atoms with van der Waals surface area (Å²) in [6.07, 6.45) is 0. The van der Waals surface area contributed by atoms with Crippen molar-refractivity contribution in [3.63, 3.8) is 0 Å². The zero-order valence-corrected chi connectivity index (χ0v) is 10.2. The van der Waals surface area contributed by atoms with Crippen molar-refractivity contribution in [2.75, 3.05) is 0 Å². The number of halogens is 2. The molecule has 0 N–H and O–H groups in total. The van der Waals surface area contributed by atoms with Crippen LogP contribution in [-0.4, -0.2) is 4.57 Å². The van der Waals surface area contributed by atoms with Crippen LogP contribution >= 0.6 is 15.9 Å². The number of aryl methyl sites for hydroxylation is 2. The highest BCUT2D eigenvalue weighted by molar-refractivity contribution is 9.10. The first-order valence-electron chi connectivity index (χ1n) is 4.70. The molecule has 0 unspecified atom stereocenters. The largest absolute Gasteiger partial charge is 0.318 e. The molecule has 2 aromatic rings. The molecule has 0 fully saturated rings. The van der Waals surface area contributed by atoms with Gasteiger partial charge in [0.1, 0.15) is 5.82 Å². The van der Waals surface area contributed by atoms with Crippen LogP contribution in [0.25, 0.3) is 5.69 Å². The van der Waals surface area contributed by atoms with Crippen molar-refractivity contribution in [3.8, 4) is 5.69 Å². The molecule has 1 nitrogen and oxygen atoms in total. The summed E-state index contributed by atoms with van der Waals surface area (Å²) in [5.41, 5.74) is 3.26. The standard InChI is InChI=1S/C12H11BrFN/c1-8-3-4-9(2)15(8)10-5-6-12(14)11(13)7-10/h3-7H,1-2H3. The molecule has 15 heavy (non-hydrogen) atoms. The van der Waals surface area contributed by atoms with Crippen LogP contribution in [0.1, 0.15) is 11.4 Å². The quantitative estimate of drug-likeness (QED) is 0.736. The highest BCUT2D eigenvalue weighted by atomic mass is 79.9. The third kappa shape index (κ3) is 1.84. The SMILES string of the molecule is Cc1ccc(C)n1-c1ccc(F)c(Br)c1. The molecule has 1 heterocycles. The number of aromatic nitrogens is 1. The van der Waals surface area contributed by atoms with Crippen LogP contribution in [0.4, 0.5) is 4.39 Å². The second kappa shape index (κ2) is 3.81. The van der Waals surface area contributed by atoms with Gasteiger partial charge in [-0.05, 0) is 60.1 Å². The van der Waals surface area contributed by atoms with E-state index < -0.39 is 0 Å². The van der Waals surface area contributed by atoms with Crippen molar-refractivity contribution in [3.05, 3.63) is 52.0 Å². The number of nitrogens with zero attached hydrogens (tertiary/aromatic N) is 1. The van der Waals surface area contributed by atoms with E-state index in [0.29, 0.717) is 4.47 Å². The molecule has 0 bridgehead atoms. The summed E-state index contributed by atoms with van der Waals surface area (Å²) in [7, 11) is 0. The summed E-state index contributed by atoms with van der Waals surface area (Å²) >= 11 is 3.19. The molecular formula is C12H11BrFN. The molecule has 1 aromatic carbocycles. The molecule has 0 atom stereocenters. The lowest BCUT2D eigenvalue weighted by molar-refractivity contribution is 0.620. The summed E-state index contributed by atoms with van der Waals surface area (Å²) < 4.78 is 15.7. The van der Waals surface area contributed by atoms with Crippen molar-refractivity contribution in [1.82, 2.24) is 4.57 Å². The van der Waals surface area contributed by atoms with Crippen molar-refractivity contribution in [2.45, 2.75) is 13.8 Å². The van der Waals surface area contributed by atoms with Gasteiger partial charge in [-0.3, -0.25) is 0 Å². The second-order valence-electron chi connectivity index (χ2n) is 3.55. The average molecular weight is 268 g/mol. The van der Waals surface area contributed by atoms with E-state index in [-0.39, 0.29) is 5.82 Å². The minimum Gasteiger partial charge on any atom is -0.318 e.